The molecule has 1 amide bonds. The Hall–Kier alpha value is -0.860. The topological polar surface area (TPSA) is 41.5 Å². The number of rotatable bonds is 3. The van der Waals surface area contributed by atoms with E-state index in [4.69, 9.17) is 0 Å². The van der Waals surface area contributed by atoms with Gasteiger partial charge in [0.25, 0.3) is 0 Å². The number of hydrogen-bond donors (Lipinski definition) is 1. The fourth-order valence-electron chi connectivity index (χ4n) is 0.374. The first kappa shape index (κ1) is 7.14. The lowest BCUT2D eigenvalue weighted by atomic mass is 10.4. The number of nitrogens with one attached hydrogen (secondary N) is 1. The molecule has 0 rings (SSSR count). The second-order valence-electron chi connectivity index (χ2n) is 1.48. The molecule has 0 spiro atoms. The van der Waals surface area contributed by atoms with Gasteiger partial charge in [0, 0.05) is 13.3 Å². The Morgan fingerprint density at radius 2 is 2.38 bits per heavy atom. The maximum absolute atomic E-state index is 9.72. The van der Waals surface area contributed by atoms with E-state index in [-0.39, 0.29) is 6.04 Å². The van der Waals surface area contributed by atoms with Gasteiger partial charge in [-0.05, 0) is 6.92 Å². The molecule has 0 saturated carbocycles. The molecule has 0 saturated heterocycles. The smallest absolute Gasteiger partial charge is 0.207 e. The summed E-state index contributed by atoms with van der Waals surface area (Å²) in [4.78, 5) is 13.4. The second kappa shape index (κ2) is 4.30. The first-order valence-corrected chi connectivity index (χ1v) is 2.43. The highest BCUT2D eigenvalue weighted by atomic mass is 16.1. The van der Waals surface area contributed by atoms with Crippen molar-refractivity contribution >= 4 is 12.6 Å². The van der Waals surface area contributed by atoms with Gasteiger partial charge in [0.1, 0.15) is 0 Å². The Balaban J connectivity index is 3.31. The van der Waals surface area contributed by atoms with E-state index in [1.807, 2.05) is 6.92 Å². The van der Waals surface area contributed by atoms with Crippen LogP contribution in [0, 0.1) is 0 Å². The van der Waals surface area contributed by atoms with E-state index in [2.05, 4.69) is 10.3 Å². The highest BCUT2D eigenvalue weighted by Gasteiger charge is 1.88. The monoisotopic (exact) mass is 114 g/mol. The summed E-state index contributed by atoms with van der Waals surface area (Å²) in [6.45, 7) is 1.85. The molecule has 1 atom stereocenters. The molecule has 1 unspecified atom stereocenters. The van der Waals surface area contributed by atoms with Crippen molar-refractivity contribution in [1.29, 1.82) is 0 Å². The minimum Gasteiger partial charge on any atom is -0.351 e. The van der Waals surface area contributed by atoms with Crippen LogP contribution in [-0.4, -0.2) is 25.7 Å². The predicted molar refractivity (Wildman–Crippen MR) is 33.1 cm³/mol. The van der Waals surface area contributed by atoms with Crippen LogP contribution in [0.1, 0.15) is 6.92 Å². The van der Waals surface area contributed by atoms with Gasteiger partial charge in [-0.25, -0.2) is 0 Å². The van der Waals surface area contributed by atoms with Gasteiger partial charge in [0.05, 0.1) is 6.04 Å². The van der Waals surface area contributed by atoms with Crippen molar-refractivity contribution < 1.29 is 4.79 Å². The minimum absolute atomic E-state index is 0.0532. The summed E-state index contributed by atoms with van der Waals surface area (Å²) in [5.74, 6) is 0. The molecule has 0 heterocycles. The molecule has 0 aliphatic rings. The number of aliphatic imine (C=N–C) groups is 1. The van der Waals surface area contributed by atoms with Crippen molar-refractivity contribution in [3.05, 3.63) is 0 Å². The van der Waals surface area contributed by atoms with Crippen LogP contribution in [-0.2, 0) is 4.79 Å². The predicted octanol–water partition coefficient (Wildman–Crippen LogP) is -0.179. The van der Waals surface area contributed by atoms with Crippen LogP contribution >= 0.6 is 0 Å². The van der Waals surface area contributed by atoms with Crippen LogP contribution < -0.4 is 5.32 Å². The molecule has 0 aliphatic heterocycles. The van der Waals surface area contributed by atoms with Gasteiger partial charge in [-0.3, -0.25) is 9.79 Å². The third-order valence-electron chi connectivity index (χ3n) is 0.704. The van der Waals surface area contributed by atoms with Crippen LogP contribution in [0.3, 0.4) is 0 Å². The highest BCUT2D eigenvalue weighted by Crippen LogP contribution is 1.69. The second-order valence-corrected chi connectivity index (χ2v) is 1.48. The molecule has 46 valence electrons. The zero-order valence-electron chi connectivity index (χ0n) is 5.09. The Labute approximate surface area is 48.8 Å². The van der Waals surface area contributed by atoms with Crippen molar-refractivity contribution in [3.63, 3.8) is 0 Å². The zero-order valence-corrected chi connectivity index (χ0v) is 5.09. The largest absolute Gasteiger partial charge is 0.351 e. The lowest BCUT2D eigenvalue weighted by Crippen LogP contribution is -2.25. The number of amides is 1. The van der Waals surface area contributed by atoms with E-state index in [0.717, 1.165) is 0 Å². The van der Waals surface area contributed by atoms with Crippen molar-refractivity contribution in [1.82, 2.24) is 5.32 Å². The molecule has 0 aromatic rings. The summed E-state index contributed by atoms with van der Waals surface area (Å²) in [6, 6.07) is 0.0532. The zero-order chi connectivity index (χ0) is 6.41. The number of hydrogen-bond acceptors (Lipinski definition) is 2. The quantitative estimate of drug-likeness (QED) is 0.401. The third kappa shape index (κ3) is 3.33. The molecule has 0 aliphatic carbocycles. The number of carbonyl (C=O) groups is 1. The van der Waals surface area contributed by atoms with Crippen LogP contribution in [0.25, 0.3) is 0 Å². The van der Waals surface area contributed by atoms with Crippen molar-refractivity contribution in [2.24, 2.45) is 4.99 Å². The average molecular weight is 114 g/mol. The number of carbonyl (C=O) groups excluding carboxylic acids is 1. The maximum atomic E-state index is 9.72. The standard InChI is InChI=1S/C5H10N2O/c1-5(3-6-2)7-4-8/h3-5H,1-2H3,(H,7,8). The first-order chi connectivity index (χ1) is 3.81. The van der Waals surface area contributed by atoms with Gasteiger partial charge < -0.3 is 5.32 Å². The van der Waals surface area contributed by atoms with Crippen molar-refractivity contribution in [2.45, 2.75) is 13.0 Å². The molecule has 0 aromatic heterocycles. The molecule has 1 N–H and O–H groups in total. The summed E-state index contributed by atoms with van der Waals surface area (Å²) >= 11 is 0. The molecule has 0 radical (unpaired) electrons. The van der Waals surface area contributed by atoms with Crippen LogP contribution in [0.2, 0.25) is 0 Å². The van der Waals surface area contributed by atoms with Gasteiger partial charge >= 0.3 is 0 Å². The van der Waals surface area contributed by atoms with Gasteiger partial charge in [-0.15, -0.1) is 0 Å². The van der Waals surface area contributed by atoms with E-state index in [1.54, 1.807) is 13.3 Å². The Bertz CT molecular complexity index is 90.4. The van der Waals surface area contributed by atoms with Gasteiger partial charge in [0.2, 0.25) is 6.41 Å². The summed E-state index contributed by atoms with van der Waals surface area (Å²) in [6.07, 6.45) is 2.32. The molecular formula is C5H10N2O. The molecule has 0 fully saturated rings. The van der Waals surface area contributed by atoms with Gasteiger partial charge in [-0.2, -0.15) is 0 Å². The van der Waals surface area contributed by atoms with Crippen molar-refractivity contribution in [2.75, 3.05) is 7.05 Å². The van der Waals surface area contributed by atoms with Crippen LogP contribution in [0.15, 0.2) is 4.99 Å². The third-order valence-corrected chi connectivity index (χ3v) is 0.704. The Kier molecular flexibility index (Phi) is 3.84. The Morgan fingerprint density at radius 1 is 1.75 bits per heavy atom. The molecule has 8 heavy (non-hydrogen) atoms. The molecule has 0 bridgehead atoms. The van der Waals surface area contributed by atoms with E-state index >= 15 is 0 Å². The van der Waals surface area contributed by atoms with E-state index < -0.39 is 0 Å². The molecule has 3 nitrogen and oxygen atoms in total. The molecule has 3 heteroatoms. The van der Waals surface area contributed by atoms with Gasteiger partial charge in [-0.1, -0.05) is 0 Å². The normalized spacial score (nSPS) is 13.8. The SMILES string of the molecule is CN=CC(C)NC=O. The fraction of sp³-hybridized carbons (Fsp3) is 0.600. The van der Waals surface area contributed by atoms with Crippen LogP contribution in [0.5, 0.6) is 0 Å². The lowest BCUT2D eigenvalue weighted by Gasteiger charge is -1.98. The highest BCUT2D eigenvalue weighted by molar-refractivity contribution is 5.67. The lowest BCUT2D eigenvalue weighted by molar-refractivity contribution is -0.109. The first-order valence-electron chi connectivity index (χ1n) is 2.43. The van der Waals surface area contributed by atoms with Gasteiger partial charge in [0.15, 0.2) is 0 Å². The molecule has 0 aromatic carbocycles. The van der Waals surface area contributed by atoms with Crippen LogP contribution in [0.4, 0.5) is 0 Å². The average Bonchev–Trinajstić information content (AvgIpc) is 1.68. The van der Waals surface area contributed by atoms with E-state index in [9.17, 15) is 4.79 Å². The maximum Gasteiger partial charge on any atom is 0.207 e. The fourth-order valence-corrected chi connectivity index (χ4v) is 0.374. The van der Waals surface area contributed by atoms with E-state index in [0.29, 0.717) is 6.41 Å². The molecular weight excluding hydrogens is 104 g/mol. The minimum atomic E-state index is 0.0532. The summed E-state index contributed by atoms with van der Waals surface area (Å²) in [5, 5.41) is 2.52. The summed E-state index contributed by atoms with van der Waals surface area (Å²) < 4.78 is 0. The van der Waals surface area contributed by atoms with E-state index in [1.165, 1.54) is 0 Å². The number of nitrogens with zero attached hydrogens (tertiary/aromatic N) is 1. The summed E-state index contributed by atoms with van der Waals surface area (Å²) in [7, 11) is 1.67. The summed E-state index contributed by atoms with van der Waals surface area (Å²) in [5.41, 5.74) is 0. The Morgan fingerprint density at radius 3 is 2.75 bits per heavy atom. The van der Waals surface area contributed by atoms with Crippen molar-refractivity contribution in [3.8, 4) is 0 Å².